The standard InChI is InChI=1S/C17H18ClF3N2O2S2/c18-12-5-6-16(13(10-12)17(19,20)21)27(24,25)22-11-14(15-4-3-9-26-15)23-7-1-2-8-23/h3-6,9-10,14,22H,1-2,7-8,11H2. The van der Waals surface area contributed by atoms with E-state index in [9.17, 15) is 21.6 Å². The van der Waals surface area contributed by atoms with Crippen molar-refractivity contribution in [2.75, 3.05) is 19.6 Å². The van der Waals surface area contributed by atoms with E-state index in [4.69, 9.17) is 11.6 Å². The third-order valence-corrected chi connectivity index (χ3v) is 7.15. The second-order valence-electron chi connectivity index (χ2n) is 6.26. The lowest BCUT2D eigenvalue weighted by molar-refractivity contribution is -0.139. The van der Waals surface area contributed by atoms with Crippen molar-refractivity contribution in [2.24, 2.45) is 0 Å². The monoisotopic (exact) mass is 438 g/mol. The van der Waals surface area contributed by atoms with Gasteiger partial charge in [-0.2, -0.15) is 13.2 Å². The molecule has 4 nitrogen and oxygen atoms in total. The first-order valence-corrected chi connectivity index (χ1v) is 11.1. The van der Waals surface area contributed by atoms with Crippen LogP contribution in [0.3, 0.4) is 0 Å². The quantitative estimate of drug-likeness (QED) is 0.720. The molecule has 1 atom stereocenters. The molecule has 0 spiro atoms. The Kier molecular flexibility index (Phi) is 6.17. The van der Waals surface area contributed by atoms with E-state index in [-0.39, 0.29) is 17.6 Å². The Balaban J connectivity index is 1.86. The van der Waals surface area contributed by atoms with Crippen molar-refractivity contribution >= 4 is 33.0 Å². The van der Waals surface area contributed by atoms with Crippen molar-refractivity contribution in [3.63, 3.8) is 0 Å². The zero-order valence-corrected chi connectivity index (χ0v) is 16.6. The Morgan fingerprint density at radius 1 is 1.22 bits per heavy atom. The number of benzene rings is 1. The highest BCUT2D eigenvalue weighted by molar-refractivity contribution is 7.89. The van der Waals surface area contributed by atoms with Gasteiger partial charge in [0.1, 0.15) is 0 Å². The summed E-state index contributed by atoms with van der Waals surface area (Å²) in [5, 5.41) is 1.73. The summed E-state index contributed by atoms with van der Waals surface area (Å²) in [5.74, 6) is 0. The SMILES string of the molecule is O=S(=O)(NCC(c1cccs1)N1CCCC1)c1ccc(Cl)cc1C(F)(F)F. The van der Waals surface area contributed by atoms with E-state index in [1.54, 1.807) is 0 Å². The Morgan fingerprint density at radius 2 is 1.93 bits per heavy atom. The molecule has 1 fully saturated rings. The molecule has 1 saturated heterocycles. The molecule has 1 aromatic carbocycles. The molecule has 10 heteroatoms. The van der Waals surface area contributed by atoms with Crippen LogP contribution in [0.1, 0.15) is 29.3 Å². The molecule has 1 aliphatic rings. The van der Waals surface area contributed by atoms with Gasteiger partial charge >= 0.3 is 6.18 Å². The summed E-state index contributed by atoms with van der Waals surface area (Å²) < 4.78 is 67.4. The number of hydrogen-bond acceptors (Lipinski definition) is 4. The van der Waals surface area contributed by atoms with Crippen LogP contribution in [0.25, 0.3) is 0 Å². The second kappa shape index (κ2) is 8.08. The fourth-order valence-electron chi connectivity index (χ4n) is 3.17. The lowest BCUT2D eigenvalue weighted by Gasteiger charge is -2.27. The number of likely N-dealkylation sites (tertiary alicyclic amines) is 1. The molecule has 1 aliphatic heterocycles. The molecule has 1 N–H and O–H groups in total. The maximum atomic E-state index is 13.3. The molecule has 1 unspecified atom stereocenters. The van der Waals surface area contributed by atoms with Crippen LogP contribution in [-0.2, 0) is 16.2 Å². The van der Waals surface area contributed by atoms with Crippen LogP contribution in [0, 0.1) is 0 Å². The Hall–Kier alpha value is -1.13. The van der Waals surface area contributed by atoms with Crippen molar-refractivity contribution in [3.8, 4) is 0 Å². The maximum absolute atomic E-state index is 13.3. The average Bonchev–Trinajstić information content (AvgIpc) is 3.28. The summed E-state index contributed by atoms with van der Waals surface area (Å²) in [6, 6.07) is 6.24. The summed E-state index contributed by atoms with van der Waals surface area (Å²) in [6.07, 6.45) is -2.79. The number of hydrogen-bond donors (Lipinski definition) is 1. The molecule has 148 valence electrons. The molecular formula is C17H18ClF3N2O2S2. The van der Waals surface area contributed by atoms with Gasteiger partial charge in [0.05, 0.1) is 16.5 Å². The summed E-state index contributed by atoms with van der Waals surface area (Å²) >= 11 is 7.13. The molecular weight excluding hydrogens is 421 g/mol. The Morgan fingerprint density at radius 3 is 2.52 bits per heavy atom. The summed E-state index contributed by atoms with van der Waals surface area (Å²) in [7, 11) is -4.36. The summed E-state index contributed by atoms with van der Waals surface area (Å²) in [5.41, 5.74) is -1.27. The van der Waals surface area contributed by atoms with Gasteiger partial charge in [-0.05, 0) is 55.6 Å². The van der Waals surface area contributed by atoms with Crippen molar-refractivity contribution < 1.29 is 21.6 Å². The van der Waals surface area contributed by atoms with Gasteiger partial charge in [-0.15, -0.1) is 11.3 Å². The van der Waals surface area contributed by atoms with Crippen molar-refractivity contribution in [2.45, 2.75) is 30.0 Å². The number of nitrogens with zero attached hydrogens (tertiary/aromatic N) is 1. The zero-order valence-electron chi connectivity index (χ0n) is 14.2. The number of sulfonamides is 1. The van der Waals surface area contributed by atoms with E-state index < -0.39 is 26.7 Å². The molecule has 1 aromatic heterocycles. The lowest BCUT2D eigenvalue weighted by Crippen LogP contribution is -2.37. The fourth-order valence-corrected chi connectivity index (χ4v) is 5.45. The minimum absolute atomic E-state index is 0.00275. The maximum Gasteiger partial charge on any atom is 0.417 e. The first kappa shape index (κ1) is 20.6. The molecule has 2 aromatic rings. The van der Waals surface area contributed by atoms with E-state index in [0.29, 0.717) is 6.07 Å². The van der Waals surface area contributed by atoms with E-state index in [1.165, 1.54) is 11.3 Å². The van der Waals surface area contributed by atoms with E-state index in [0.717, 1.165) is 42.9 Å². The van der Waals surface area contributed by atoms with Crippen LogP contribution in [-0.4, -0.2) is 33.0 Å². The number of alkyl halides is 3. The number of halogens is 4. The number of rotatable bonds is 6. The predicted molar refractivity (Wildman–Crippen MR) is 99.5 cm³/mol. The van der Waals surface area contributed by atoms with Gasteiger partial charge in [0.15, 0.2) is 0 Å². The number of thiophene rings is 1. The fraction of sp³-hybridized carbons (Fsp3) is 0.412. The molecule has 27 heavy (non-hydrogen) atoms. The topological polar surface area (TPSA) is 49.4 Å². The third kappa shape index (κ3) is 4.83. The molecule has 2 heterocycles. The first-order valence-electron chi connectivity index (χ1n) is 8.32. The van der Waals surface area contributed by atoms with Crippen molar-refractivity contribution in [3.05, 3.63) is 51.2 Å². The smallest absolute Gasteiger partial charge is 0.294 e. The minimum atomic E-state index is -4.82. The number of nitrogens with one attached hydrogen (secondary N) is 1. The highest BCUT2D eigenvalue weighted by atomic mass is 35.5. The molecule has 3 rings (SSSR count). The molecule has 0 bridgehead atoms. The normalized spacial score (nSPS) is 17.3. The zero-order chi connectivity index (χ0) is 19.7. The van der Waals surface area contributed by atoms with Gasteiger partial charge in [-0.3, -0.25) is 4.90 Å². The van der Waals surface area contributed by atoms with Gasteiger partial charge in [-0.1, -0.05) is 17.7 Å². The van der Waals surface area contributed by atoms with Gasteiger partial charge in [0, 0.05) is 16.4 Å². The van der Waals surface area contributed by atoms with Crippen LogP contribution in [0.4, 0.5) is 13.2 Å². The predicted octanol–water partition coefficient (Wildman–Crippen LogP) is 4.54. The average molecular weight is 439 g/mol. The largest absolute Gasteiger partial charge is 0.417 e. The highest BCUT2D eigenvalue weighted by Gasteiger charge is 2.38. The summed E-state index contributed by atoms with van der Waals surface area (Å²) in [6.45, 7) is 1.67. The van der Waals surface area contributed by atoms with Crippen LogP contribution in [0.2, 0.25) is 5.02 Å². The first-order chi connectivity index (χ1) is 12.7. The lowest BCUT2D eigenvalue weighted by atomic mass is 10.2. The van der Waals surface area contributed by atoms with E-state index in [1.807, 2.05) is 17.5 Å². The highest BCUT2D eigenvalue weighted by Crippen LogP contribution is 2.36. The van der Waals surface area contributed by atoms with Crippen molar-refractivity contribution in [1.82, 2.24) is 9.62 Å². The molecule has 0 saturated carbocycles. The third-order valence-electron chi connectivity index (χ3n) is 4.46. The van der Waals surface area contributed by atoms with Crippen LogP contribution in [0.5, 0.6) is 0 Å². The van der Waals surface area contributed by atoms with Gasteiger partial charge < -0.3 is 0 Å². The van der Waals surface area contributed by atoms with E-state index >= 15 is 0 Å². The van der Waals surface area contributed by atoms with E-state index in [2.05, 4.69) is 9.62 Å². The van der Waals surface area contributed by atoms with Gasteiger partial charge in [-0.25, -0.2) is 13.1 Å². The van der Waals surface area contributed by atoms with Gasteiger partial charge in [0.25, 0.3) is 0 Å². The Bertz CT molecular complexity index is 880. The van der Waals surface area contributed by atoms with Crippen LogP contribution in [0.15, 0.2) is 40.6 Å². The van der Waals surface area contributed by atoms with Gasteiger partial charge in [0.2, 0.25) is 10.0 Å². The molecule has 0 amide bonds. The molecule has 0 aliphatic carbocycles. The molecule has 0 radical (unpaired) electrons. The van der Waals surface area contributed by atoms with Crippen LogP contribution < -0.4 is 4.72 Å². The van der Waals surface area contributed by atoms with Crippen molar-refractivity contribution in [1.29, 1.82) is 0 Å². The second-order valence-corrected chi connectivity index (χ2v) is 9.42. The summed E-state index contributed by atoms with van der Waals surface area (Å²) in [4.78, 5) is 2.32. The Labute approximate surface area is 165 Å². The minimum Gasteiger partial charge on any atom is -0.294 e. The van der Waals surface area contributed by atoms with Crippen LogP contribution >= 0.6 is 22.9 Å².